The predicted molar refractivity (Wildman–Crippen MR) is 37.9 cm³/mol. The van der Waals surface area contributed by atoms with E-state index in [1.54, 1.807) is 0 Å². The molecule has 2 atom stereocenters. The van der Waals surface area contributed by atoms with Gasteiger partial charge in [-0.1, -0.05) is 12.8 Å². The van der Waals surface area contributed by atoms with E-state index < -0.39 is 0 Å². The molecule has 0 aromatic heterocycles. The van der Waals surface area contributed by atoms with Crippen LogP contribution in [0.4, 0.5) is 0 Å². The van der Waals surface area contributed by atoms with E-state index in [0.29, 0.717) is 0 Å². The van der Waals surface area contributed by atoms with Crippen molar-refractivity contribution in [3.05, 3.63) is 0 Å². The number of carbonyl (C=O) groups is 1. The van der Waals surface area contributed by atoms with Crippen molar-refractivity contribution in [2.45, 2.75) is 25.7 Å². The first-order valence-electron chi connectivity index (χ1n) is 4.08. The maximum absolute atomic E-state index is 11.0. The normalized spacial score (nSPS) is 36.7. The molecule has 2 aliphatic rings. The zero-order chi connectivity index (χ0) is 7.84. The lowest BCUT2D eigenvalue weighted by atomic mass is 9.81. The first kappa shape index (κ1) is 6.83. The van der Waals surface area contributed by atoms with E-state index in [4.69, 9.17) is 0 Å². The van der Waals surface area contributed by atoms with Gasteiger partial charge in [-0.15, -0.1) is 0 Å². The Labute approximate surface area is 65.1 Å². The standard InChI is InChI=1S/C8H11NO2/c10-7-5-3-1-2-4-6(5)8(11)9-7/h5-6H,1-4H2,(H,9,10,11)/p-1. The molecule has 11 heavy (non-hydrogen) atoms. The van der Waals surface area contributed by atoms with Crippen LogP contribution in [0.5, 0.6) is 0 Å². The van der Waals surface area contributed by atoms with Gasteiger partial charge in [-0.3, -0.25) is 4.79 Å². The Hall–Kier alpha value is -0.860. The van der Waals surface area contributed by atoms with Gasteiger partial charge >= 0.3 is 0 Å². The molecule has 1 fully saturated rings. The Bertz CT molecular complexity index is 222. The van der Waals surface area contributed by atoms with Crippen molar-refractivity contribution in [1.82, 2.24) is 0 Å². The molecule has 0 bridgehead atoms. The molecule has 60 valence electrons. The van der Waals surface area contributed by atoms with E-state index in [0.717, 1.165) is 25.7 Å². The van der Waals surface area contributed by atoms with E-state index in [2.05, 4.69) is 4.99 Å². The van der Waals surface area contributed by atoms with Gasteiger partial charge in [0, 0.05) is 5.92 Å². The lowest BCUT2D eigenvalue weighted by Crippen LogP contribution is -2.31. The van der Waals surface area contributed by atoms with Crippen molar-refractivity contribution in [2.75, 3.05) is 0 Å². The van der Waals surface area contributed by atoms with E-state index in [9.17, 15) is 9.90 Å². The molecule has 0 radical (unpaired) electrons. The fourth-order valence-electron chi connectivity index (χ4n) is 2.00. The van der Waals surface area contributed by atoms with Gasteiger partial charge in [-0.25, -0.2) is 4.99 Å². The Balaban J connectivity index is 2.21. The molecule has 0 aromatic carbocycles. The van der Waals surface area contributed by atoms with Crippen molar-refractivity contribution in [2.24, 2.45) is 16.8 Å². The lowest BCUT2D eigenvalue weighted by molar-refractivity contribution is -0.224. The Kier molecular flexibility index (Phi) is 1.44. The summed E-state index contributed by atoms with van der Waals surface area (Å²) in [6, 6.07) is 0. The summed E-state index contributed by atoms with van der Waals surface area (Å²) in [5.41, 5.74) is 0. The summed E-state index contributed by atoms with van der Waals surface area (Å²) >= 11 is 0. The molecule has 2 rings (SSSR count). The highest BCUT2D eigenvalue weighted by Crippen LogP contribution is 2.34. The molecule has 0 saturated heterocycles. The number of aliphatic imine (C=N–C) groups is 1. The summed E-state index contributed by atoms with van der Waals surface area (Å²) in [6.07, 6.45) is 3.91. The van der Waals surface area contributed by atoms with Gasteiger partial charge in [0.15, 0.2) is 0 Å². The minimum atomic E-state index is -0.167. The topological polar surface area (TPSA) is 52.5 Å². The zero-order valence-electron chi connectivity index (χ0n) is 6.25. The fourth-order valence-corrected chi connectivity index (χ4v) is 2.00. The molecule has 0 aromatic rings. The molecule has 0 spiro atoms. The van der Waals surface area contributed by atoms with E-state index >= 15 is 0 Å². The summed E-state index contributed by atoms with van der Waals surface area (Å²) in [4.78, 5) is 14.5. The summed E-state index contributed by atoms with van der Waals surface area (Å²) < 4.78 is 0. The molecule has 3 heteroatoms. The summed E-state index contributed by atoms with van der Waals surface area (Å²) in [5, 5.41) is 11.0. The van der Waals surface area contributed by atoms with Crippen molar-refractivity contribution < 1.29 is 9.90 Å². The van der Waals surface area contributed by atoms with E-state index in [-0.39, 0.29) is 23.6 Å². The first-order chi connectivity index (χ1) is 5.29. The molecule has 1 aliphatic heterocycles. The highest BCUT2D eigenvalue weighted by molar-refractivity contribution is 5.99. The van der Waals surface area contributed by atoms with Crippen LogP contribution in [0.15, 0.2) is 4.99 Å². The highest BCUT2D eigenvalue weighted by Gasteiger charge is 2.35. The second-order valence-electron chi connectivity index (χ2n) is 3.29. The fraction of sp³-hybridized carbons (Fsp3) is 0.750. The van der Waals surface area contributed by atoms with Gasteiger partial charge in [0.1, 0.15) is 0 Å². The van der Waals surface area contributed by atoms with Gasteiger partial charge in [0.2, 0.25) is 5.91 Å². The third-order valence-corrected chi connectivity index (χ3v) is 2.62. The minimum Gasteiger partial charge on any atom is -0.861 e. The van der Waals surface area contributed by atoms with Crippen LogP contribution in [0, 0.1) is 11.8 Å². The average molecular weight is 152 g/mol. The smallest absolute Gasteiger partial charge is 0.248 e. The third kappa shape index (κ3) is 0.951. The molecule has 1 heterocycles. The number of hydrogen-bond acceptors (Lipinski definition) is 2. The SMILES string of the molecule is O=C1N=C([O-])C2CCCCC12. The molecule has 1 saturated carbocycles. The zero-order valence-corrected chi connectivity index (χ0v) is 6.25. The summed E-state index contributed by atoms with van der Waals surface area (Å²) in [6.45, 7) is 0. The number of hydrogen-bond donors (Lipinski definition) is 0. The molecule has 3 nitrogen and oxygen atoms in total. The van der Waals surface area contributed by atoms with Crippen molar-refractivity contribution in [3.8, 4) is 0 Å². The lowest BCUT2D eigenvalue weighted by Gasteiger charge is -2.26. The van der Waals surface area contributed by atoms with Gasteiger partial charge in [0.05, 0.1) is 0 Å². The first-order valence-corrected chi connectivity index (χ1v) is 4.08. The van der Waals surface area contributed by atoms with Crippen molar-refractivity contribution in [1.29, 1.82) is 0 Å². The quantitative estimate of drug-likeness (QED) is 0.494. The van der Waals surface area contributed by atoms with Crippen molar-refractivity contribution >= 4 is 11.8 Å². The predicted octanol–water partition coefficient (Wildman–Crippen LogP) is 0.0918. The van der Waals surface area contributed by atoms with Crippen LogP contribution in [-0.4, -0.2) is 11.8 Å². The molecular formula is C8H10NO2-. The molecule has 1 aliphatic carbocycles. The largest absolute Gasteiger partial charge is 0.861 e. The van der Waals surface area contributed by atoms with Crippen LogP contribution in [0.3, 0.4) is 0 Å². The number of nitrogens with zero attached hydrogens (tertiary/aromatic N) is 1. The van der Waals surface area contributed by atoms with Crippen LogP contribution in [0.25, 0.3) is 0 Å². The Morgan fingerprint density at radius 1 is 1.27 bits per heavy atom. The minimum absolute atomic E-state index is 0.0451. The van der Waals surface area contributed by atoms with E-state index in [1.807, 2.05) is 0 Å². The molecule has 1 amide bonds. The molecular weight excluding hydrogens is 142 g/mol. The number of rotatable bonds is 0. The Morgan fingerprint density at radius 3 is 2.55 bits per heavy atom. The monoisotopic (exact) mass is 152 g/mol. The van der Waals surface area contributed by atoms with Crippen LogP contribution in [0.1, 0.15) is 25.7 Å². The van der Waals surface area contributed by atoms with Gasteiger partial charge in [0.25, 0.3) is 0 Å². The number of carbonyl (C=O) groups excluding carboxylic acids is 1. The van der Waals surface area contributed by atoms with E-state index in [1.165, 1.54) is 0 Å². The highest BCUT2D eigenvalue weighted by atomic mass is 16.3. The van der Waals surface area contributed by atoms with Crippen LogP contribution < -0.4 is 5.11 Å². The second-order valence-corrected chi connectivity index (χ2v) is 3.29. The summed E-state index contributed by atoms with van der Waals surface area (Å²) in [5.74, 6) is -0.424. The van der Waals surface area contributed by atoms with Crippen LogP contribution in [-0.2, 0) is 4.79 Å². The summed E-state index contributed by atoms with van der Waals surface area (Å²) in [7, 11) is 0. The second kappa shape index (κ2) is 2.32. The van der Waals surface area contributed by atoms with Crippen molar-refractivity contribution in [3.63, 3.8) is 0 Å². The number of fused-ring (bicyclic) bond motifs is 1. The maximum Gasteiger partial charge on any atom is 0.248 e. The molecule has 2 unspecified atom stereocenters. The van der Waals surface area contributed by atoms with Gasteiger partial charge in [-0.2, -0.15) is 0 Å². The van der Waals surface area contributed by atoms with Crippen LogP contribution in [0.2, 0.25) is 0 Å². The molecule has 0 N–H and O–H groups in total. The average Bonchev–Trinajstić information content (AvgIpc) is 2.30. The van der Waals surface area contributed by atoms with Gasteiger partial charge in [-0.05, 0) is 24.7 Å². The number of amides is 1. The third-order valence-electron chi connectivity index (χ3n) is 2.62. The van der Waals surface area contributed by atoms with Gasteiger partial charge < -0.3 is 5.11 Å². The van der Waals surface area contributed by atoms with Crippen LogP contribution >= 0.6 is 0 Å². The Morgan fingerprint density at radius 2 is 1.91 bits per heavy atom. The maximum atomic E-state index is 11.0.